The molecule has 15 heteroatoms. The molecule has 1 aromatic heterocycles. The van der Waals surface area contributed by atoms with Crippen molar-refractivity contribution in [1.82, 2.24) is 25.0 Å². The van der Waals surface area contributed by atoms with Crippen LogP contribution >= 0.6 is 0 Å². The maximum atomic E-state index is 14.5. The number of aryl methyl sites for hydroxylation is 1. The monoisotopic (exact) mass is 731 g/mol. The van der Waals surface area contributed by atoms with Crippen molar-refractivity contribution in [2.75, 3.05) is 20.6 Å². The summed E-state index contributed by atoms with van der Waals surface area (Å²) in [5.41, 5.74) is -1.50. The molecule has 0 radical (unpaired) electrons. The highest BCUT2D eigenvalue weighted by Crippen LogP contribution is 2.37. The standard InChI is InChI=1S/C37H54FN5O9/c1-21(30(46)39-25(33(49)50)15-16-27(44)45)17-18-41(10)32(48)28(35(2,3)4)40-31(47)29(43(12)34(51)52-36(5,6)7)37(8,9)24-20-42(11)26-19-22(38)13-14-23(24)26/h13-14,17,19-20,25,28-29H,15-16,18H2,1-12H3,(H,39,46)(H,40,47)(H,44,45)(H,49,50)/b21-17+. The summed E-state index contributed by atoms with van der Waals surface area (Å²) >= 11 is 0. The van der Waals surface area contributed by atoms with Crippen molar-refractivity contribution in [3.63, 3.8) is 0 Å². The van der Waals surface area contributed by atoms with Gasteiger partial charge in [0.25, 0.3) is 0 Å². The molecular weight excluding hydrogens is 677 g/mol. The van der Waals surface area contributed by atoms with Crippen LogP contribution in [0.5, 0.6) is 0 Å². The van der Waals surface area contributed by atoms with E-state index in [1.165, 1.54) is 49.0 Å². The Labute approximate surface area is 304 Å². The molecule has 2 rings (SSSR count). The van der Waals surface area contributed by atoms with Gasteiger partial charge in [-0.2, -0.15) is 0 Å². The van der Waals surface area contributed by atoms with Gasteiger partial charge >= 0.3 is 18.0 Å². The van der Waals surface area contributed by atoms with Crippen LogP contribution < -0.4 is 10.6 Å². The molecule has 288 valence electrons. The van der Waals surface area contributed by atoms with E-state index in [-0.39, 0.29) is 18.5 Å². The zero-order valence-electron chi connectivity index (χ0n) is 32.2. The minimum Gasteiger partial charge on any atom is -0.481 e. The number of ether oxygens (including phenoxy) is 1. The van der Waals surface area contributed by atoms with Crippen LogP contribution in [-0.2, 0) is 41.2 Å². The Hall–Kier alpha value is -4.95. The Morgan fingerprint density at radius 1 is 0.981 bits per heavy atom. The van der Waals surface area contributed by atoms with Crippen molar-refractivity contribution >= 4 is 46.7 Å². The van der Waals surface area contributed by atoms with Gasteiger partial charge in [-0.25, -0.2) is 14.0 Å². The SMILES string of the molecule is C/C(=C\CN(C)C(=O)C(NC(=O)C(N(C)C(=O)OC(C)(C)C)C(C)(C)c1cn(C)c2cc(F)ccc12)C(C)(C)C)C(=O)NC(CCC(=O)O)C(=O)O. The number of rotatable bonds is 14. The zero-order valence-corrected chi connectivity index (χ0v) is 32.2. The molecule has 0 saturated heterocycles. The van der Waals surface area contributed by atoms with Gasteiger partial charge < -0.3 is 35.1 Å². The summed E-state index contributed by atoms with van der Waals surface area (Å²) < 4.78 is 21.6. The third-order valence-corrected chi connectivity index (χ3v) is 8.70. The number of halogens is 1. The summed E-state index contributed by atoms with van der Waals surface area (Å²) in [6.45, 7) is 15.3. The first kappa shape index (κ1) is 43.2. The highest BCUT2D eigenvalue weighted by Gasteiger charge is 2.46. The number of carboxylic acid groups (broad SMARTS) is 2. The number of aromatic nitrogens is 1. The van der Waals surface area contributed by atoms with Gasteiger partial charge in [-0.15, -0.1) is 0 Å². The molecule has 0 aliphatic carbocycles. The molecule has 0 bridgehead atoms. The fourth-order valence-corrected chi connectivity index (χ4v) is 5.79. The van der Waals surface area contributed by atoms with Gasteiger partial charge in [-0.3, -0.25) is 24.1 Å². The third kappa shape index (κ3) is 11.0. The summed E-state index contributed by atoms with van der Waals surface area (Å²) in [5.74, 6) is -4.92. The van der Waals surface area contributed by atoms with Crippen LogP contribution in [0.15, 0.2) is 36.0 Å². The van der Waals surface area contributed by atoms with E-state index >= 15 is 0 Å². The number of fused-ring (bicyclic) bond motifs is 1. The average molecular weight is 732 g/mol. The van der Waals surface area contributed by atoms with Gasteiger partial charge in [0.05, 0.1) is 5.52 Å². The summed E-state index contributed by atoms with van der Waals surface area (Å²) in [4.78, 5) is 79.6. The molecule has 4 amide bonds. The smallest absolute Gasteiger partial charge is 0.410 e. The van der Waals surface area contributed by atoms with Crippen LogP contribution in [0.1, 0.15) is 80.7 Å². The largest absolute Gasteiger partial charge is 0.481 e. The molecule has 14 nitrogen and oxygen atoms in total. The summed E-state index contributed by atoms with van der Waals surface area (Å²) in [5, 5.41) is 24.1. The van der Waals surface area contributed by atoms with Crippen molar-refractivity contribution in [3.05, 3.63) is 47.4 Å². The maximum absolute atomic E-state index is 14.5. The third-order valence-electron chi connectivity index (χ3n) is 8.70. The number of hydrogen-bond acceptors (Lipinski definition) is 7. The molecule has 1 aromatic carbocycles. The molecule has 0 aliphatic heterocycles. The second-order valence-corrected chi connectivity index (χ2v) is 15.7. The minimum atomic E-state index is -1.42. The summed E-state index contributed by atoms with van der Waals surface area (Å²) in [6, 6.07) is 0.562. The van der Waals surface area contributed by atoms with Crippen molar-refractivity contribution in [3.8, 4) is 0 Å². The van der Waals surface area contributed by atoms with Crippen LogP contribution in [0, 0.1) is 11.2 Å². The van der Waals surface area contributed by atoms with E-state index in [0.29, 0.717) is 16.5 Å². The summed E-state index contributed by atoms with van der Waals surface area (Å²) in [6.07, 6.45) is 1.66. The number of likely N-dealkylation sites (N-methyl/N-ethyl adjacent to an activating group) is 2. The molecule has 1 heterocycles. The van der Waals surface area contributed by atoms with E-state index in [0.717, 1.165) is 0 Å². The first-order valence-electron chi connectivity index (χ1n) is 16.9. The van der Waals surface area contributed by atoms with Crippen LogP contribution in [0.3, 0.4) is 0 Å². The lowest BCUT2D eigenvalue weighted by molar-refractivity contribution is -0.142. The predicted molar refractivity (Wildman–Crippen MR) is 193 cm³/mol. The number of hydrogen-bond donors (Lipinski definition) is 4. The normalized spacial score (nSPS) is 14.2. The summed E-state index contributed by atoms with van der Waals surface area (Å²) in [7, 11) is 4.67. The molecule has 4 N–H and O–H groups in total. The number of nitrogens with zero attached hydrogens (tertiary/aromatic N) is 3. The molecule has 0 aliphatic rings. The van der Waals surface area contributed by atoms with E-state index in [1.807, 2.05) is 0 Å². The van der Waals surface area contributed by atoms with Gasteiger partial charge in [0.2, 0.25) is 17.7 Å². The number of carbonyl (C=O) groups is 6. The molecule has 2 aromatic rings. The van der Waals surface area contributed by atoms with E-state index in [1.54, 1.807) is 79.3 Å². The Morgan fingerprint density at radius 2 is 1.58 bits per heavy atom. The number of nitrogens with one attached hydrogen (secondary N) is 2. The number of carbonyl (C=O) groups excluding carboxylic acids is 4. The Bertz CT molecular complexity index is 1720. The van der Waals surface area contributed by atoms with E-state index < -0.39 is 82.5 Å². The van der Waals surface area contributed by atoms with Crippen LogP contribution in [0.4, 0.5) is 9.18 Å². The fraction of sp³-hybridized carbons (Fsp3) is 0.568. The number of aliphatic carboxylic acids is 2. The number of amides is 4. The van der Waals surface area contributed by atoms with Gasteiger partial charge in [-0.05, 0) is 63.3 Å². The predicted octanol–water partition coefficient (Wildman–Crippen LogP) is 4.20. The van der Waals surface area contributed by atoms with Gasteiger partial charge in [0, 0.05) is 56.7 Å². The van der Waals surface area contributed by atoms with Crippen molar-refractivity contribution in [1.29, 1.82) is 0 Å². The van der Waals surface area contributed by atoms with Gasteiger partial charge in [0.1, 0.15) is 29.5 Å². The highest BCUT2D eigenvalue weighted by molar-refractivity contribution is 5.96. The van der Waals surface area contributed by atoms with E-state index in [2.05, 4.69) is 10.6 Å². The Balaban J connectivity index is 2.47. The molecule has 0 spiro atoms. The van der Waals surface area contributed by atoms with Crippen molar-refractivity contribution in [2.45, 2.75) is 104 Å². The lowest BCUT2D eigenvalue weighted by Gasteiger charge is -2.41. The quantitative estimate of drug-likeness (QED) is 0.207. The first-order chi connectivity index (χ1) is 23.7. The Kier molecular flexibility index (Phi) is 13.8. The topological polar surface area (TPSA) is 188 Å². The molecule has 0 fully saturated rings. The molecule has 3 unspecified atom stereocenters. The lowest BCUT2D eigenvalue weighted by atomic mass is 9.76. The van der Waals surface area contributed by atoms with Gasteiger partial charge in [0.15, 0.2) is 0 Å². The second-order valence-electron chi connectivity index (χ2n) is 15.7. The first-order valence-corrected chi connectivity index (χ1v) is 16.9. The molecule has 52 heavy (non-hydrogen) atoms. The molecular formula is C37H54FN5O9. The van der Waals surface area contributed by atoms with Crippen LogP contribution in [-0.4, -0.2) is 105 Å². The second kappa shape index (κ2) is 16.6. The van der Waals surface area contributed by atoms with Gasteiger partial charge in [-0.1, -0.05) is 40.7 Å². The number of carboxylic acids is 2. The fourth-order valence-electron chi connectivity index (χ4n) is 5.79. The van der Waals surface area contributed by atoms with E-state index in [9.17, 15) is 38.3 Å². The average Bonchev–Trinajstić information content (AvgIpc) is 3.34. The van der Waals surface area contributed by atoms with Crippen molar-refractivity contribution in [2.24, 2.45) is 12.5 Å². The highest BCUT2D eigenvalue weighted by atomic mass is 19.1. The molecule has 3 atom stereocenters. The minimum absolute atomic E-state index is 0.0906. The number of benzene rings is 1. The zero-order chi connectivity index (χ0) is 40.1. The molecule has 0 saturated carbocycles. The Morgan fingerprint density at radius 3 is 2.10 bits per heavy atom. The lowest BCUT2D eigenvalue weighted by Crippen LogP contribution is -2.62. The maximum Gasteiger partial charge on any atom is 0.410 e. The van der Waals surface area contributed by atoms with E-state index in [4.69, 9.17) is 9.84 Å². The van der Waals surface area contributed by atoms with Crippen LogP contribution in [0.25, 0.3) is 10.9 Å². The van der Waals surface area contributed by atoms with Crippen LogP contribution in [0.2, 0.25) is 0 Å². The van der Waals surface area contributed by atoms with Crippen molar-refractivity contribution < 1.29 is 48.1 Å².